The summed E-state index contributed by atoms with van der Waals surface area (Å²) in [6.07, 6.45) is 0.372. The lowest BCUT2D eigenvalue weighted by Gasteiger charge is -2.07. The summed E-state index contributed by atoms with van der Waals surface area (Å²) >= 11 is 0. The molecular weight excluding hydrogens is 174 g/mol. The molecule has 0 saturated carbocycles. The van der Waals surface area contributed by atoms with E-state index >= 15 is 0 Å². The highest BCUT2D eigenvalue weighted by Gasteiger charge is 2.09. The van der Waals surface area contributed by atoms with Crippen molar-refractivity contribution in [2.24, 2.45) is 5.92 Å². The van der Waals surface area contributed by atoms with Gasteiger partial charge in [0.1, 0.15) is 6.42 Å². The van der Waals surface area contributed by atoms with Gasteiger partial charge in [-0.05, 0) is 5.92 Å². The molecule has 0 bridgehead atoms. The third-order valence-corrected chi connectivity index (χ3v) is 1.52. The zero-order valence-corrected chi connectivity index (χ0v) is 8.08. The normalized spacial score (nSPS) is 11.2. The average Bonchev–Trinajstić information content (AvgIpc) is 1.99. The summed E-state index contributed by atoms with van der Waals surface area (Å²) in [4.78, 5) is 20.7. The van der Waals surface area contributed by atoms with Crippen LogP contribution in [0.4, 0.5) is 0 Å². The first-order valence-corrected chi connectivity index (χ1v) is 3.93. The molecule has 0 aromatic rings. The van der Waals surface area contributed by atoms with Crippen LogP contribution in [0.5, 0.6) is 0 Å². The Hall–Kier alpha value is -1.10. The molecule has 0 aliphatic carbocycles. The minimum atomic E-state index is -1.15. The van der Waals surface area contributed by atoms with Gasteiger partial charge in [-0.15, -0.1) is 0 Å². The molecule has 1 atom stereocenters. The van der Waals surface area contributed by atoms with Gasteiger partial charge in [0, 0.05) is 0 Å². The number of hydrogen-bond acceptors (Lipinski definition) is 4. The molecular formula is C8H17NO4. The van der Waals surface area contributed by atoms with Crippen molar-refractivity contribution in [2.75, 3.05) is 6.61 Å². The van der Waals surface area contributed by atoms with E-state index in [4.69, 9.17) is 5.11 Å². The van der Waals surface area contributed by atoms with E-state index in [1.165, 1.54) is 0 Å². The van der Waals surface area contributed by atoms with Crippen molar-refractivity contribution in [1.82, 2.24) is 6.15 Å². The number of carbonyl (C=O) groups excluding carboxylic acids is 1. The molecule has 0 radical (unpaired) electrons. The Balaban J connectivity index is 0. The summed E-state index contributed by atoms with van der Waals surface area (Å²) in [5, 5.41) is 8.21. The van der Waals surface area contributed by atoms with Crippen molar-refractivity contribution in [1.29, 1.82) is 0 Å². The van der Waals surface area contributed by atoms with Crippen molar-refractivity contribution >= 4 is 11.9 Å². The Morgan fingerprint density at radius 2 is 2.00 bits per heavy atom. The lowest BCUT2D eigenvalue weighted by Crippen LogP contribution is -2.14. The highest BCUT2D eigenvalue weighted by Crippen LogP contribution is 2.01. The van der Waals surface area contributed by atoms with E-state index < -0.39 is 18.4 Å². The minimum absolute atomic E-state index is 0. The van der Waals surface area contributed by atoms with Crippen molar-refractivity contribution in [3.05, 3.63) is 0 Å². The van der Waals surface area contributed by atoms with Crippen LogP contribution in [0, 0.1) is 5.92 Å². The van der Waals surface area contributed by atoms with Gasteiger partial charge in [-0.25, -0.2) is 0 Å². The fourth-order valence-corrected chi connectivity index (χ4v) is 0.528. The van der Waals surface area contributed by atoms with Gasteiger partial charge in [-0.1, -0.05) is 20.3 Å². The second-order valence-electron chi connectivity index (χ2n) is 2.77. The van der Waals surface area contributed by atoms with E-state index in [9.17, 15) is 9.59 Å². The summed E-state index contributed by atoms with van der Waals surface area (Å²) in [5.41, 5.74) is 0. The Morgan fingerprint density at radius 3 is 2.38 bits per heavy atom. The molecule has 0 heterocycles. The van der Waals surface area contributed by atoms with Crippen molar-refractivity contribution < 1.29 is 19.4 Å². The van der Waals surface area contributed by atoms with Crippen molar-refractivity contribution in [3.63, 3.8) is 0 Å². The van der Waals surface area contributed by atoms with Crippen LogP contribution in [0.15, 0.2) is 0 Å². The second-order valence-corrected chi connectivity index (χ2v) is 2.77. The van der Waals surface area contributed by atoms with Crippen LogP contribution in [0.25, 0.3) is 0 Å². The fraction of sp³-hybridized carbons (Fsp3) is 0.750. The Morgan fingerprint density at radius 1 is 1.46 bits per heavy atom. The third kappa shape index (κ3) is 8.81. The molecule has 0 aromatic carbocycles. The maximum absolute atomic E-state index is 10.7. The summed E-state index contributed by atoms with van der Waals surface area (Å²) < 4.78 is 4.69. The van der Waals surface area contributed by atoms with Crippen LogP contribution < -0.4 is 6.15 Å². The van der Waals surface area contributed by atoms with Crippen molar-refractivity contribution in [2.45, 2.75) is 26.7 Å². The maximum Gasteiger partial charge on any atom is 0.317 e. The molecule has 0 spiro atoms. The van der Waals surface area contributed by atoms with Crippen LogP contribution in [-0.2, 0) is 14.3 Å². The molecule has 0 saturated heterocycles. The molecule has 4 N–H and O–H groups in total. The average molecular weight is 191 g/mol. The van der Waals surface area contributed by atoms with Gasteiger partial charge in [0.2, 0.25) is 0 Å². The largest absolute Gasteiger partial charge is 0.481 e. The van der Waals surface area contributed by atoms with E-state index in [0.717, 1.165) is 6.42 Å². The van der Waals surface area contributed by atoms with Gasteiger partial charge < -0.3 is 16.0 Å². The number of esters is 1. The van der Waals surface area contributed by atoms with Crippen LogP contribution in [0.3, 0.4) is 0 Å². The minimum Gasteiger partial charge on any atom is -0.481 e. The number of carboxylic acid groups (broad SMARTS) is 1. The summed E-state index contributed by atoms with van der Waals surface area (Å²) in [7, 11) is 0. The fourth-order valence-electron chi connectivity index (χ4n) is 0.528. The number of carbonyl (C=O) groups is 2. The molecule has 0 aliphatic heterocycles. The molecule has 5 nitrogen and oxygen atoms in total. The van der Waals surface area contributed by atoms with E-state index in [1.54, 1.807) is 0 Å². The molecule has 0 fully saturated rings. The standard InChI is InChI=1S/C8H14O4.H3N/c1-3-6(2)5-12-8(11)4-7(9)10;/h6H,3-5H2,1-2H3,(H,9,10);1H3. The van der Waals surface area contributed by atoms with E-state index in [0.29, 0.717) is 12.5 Å². The van der Waals surface area contributed by atoms with Crippen molar-refractivity contribution in [3.8, 4) is 0 Å². The van der Waals surface area contributed by atoms with Crippen LogP contribution in [-0.4, -0.2) is 23.7 Å². The SMILES string of the molecule is CCC(C)COC(=O)CC(=O)O.N. The van der Waals surface area contributed by atoms with Gasteiger partial charge in [0.15, 0.2) is 0 Å². The Kier molecular flexibility index (Phi) is 8.37. The summed E-state index contributed by atoms with van der Waals surface area (Å²) in [6, 6.07) is 0. The number of ether oxygens (including phenoxy) is 1. The Bertz CT molecular complexity index is 170. The molecule has 13 heavy (non-hydrogen) atoms. The second kappa shape index (κ2) is 7.54. The molecule has 78 valence electrons. The first-order chi connectivity index (χ1) is 5.56. The van der Waals surface area contributed by atoms with Gasteiger partial charge >= 0.3 is 11.9 Å². The van der Waals surface area contributed by atoms with Gasteiger partial charge in [-0.2, -0.15) is 0 Å². The highest BCUT2D eigenvalue weighted by molar-refractivity contribution is 5.90. The zero-order valence-electron chi connectivity index (χ0n) is 8.08. The number of carboxylic acids is 1. The first kappa shape index (κ1) is 14.4. The zero-order chi connectivity index (χ0) is 9.56. The summed E-state index contributed by atoms with van der Waals surface area (Å²) in [5.74, 6) is -1.52. The van der Waals surface area contributed by atoms with Crippen LogP contribution in [0.2, 0.25) is 0 Å². The molecule has 0 aliphatic rings. The lowest BCUT2D eigenvalue weighted by molar-refractivity contribution is -0.152. The van der Waals surface area contributed by atoms with Gasteiger partial charge in [-0.3, -0.25) is 9.59 Å². The molecule has 0 aromatic heterocycles. The smallest absolute Gasteiger partial charge is 0.317 e. The van der Waals surface area contributed by atoms with Gasteiger partial charge in [0.25, 0.3) is 0 Å². The molecule has 1 unspecified atom stereocenters. The van der Waals surface area contributed by atoms with E-state index in [-0.39, 0.29) is 6.15 Å². The molecule has 0 rings (SSSR count). The van der Waals surface area contributed by atoms with E-state index in [2.05, 4.69) is 4.74 Å². The lowest BCUT2D eigenvalue weighted by atomic mass is 10.1. The Labute approximate surface area is 77.7 Å². The predicted octanol–water partition coefficient (Wildman–Crippen LogP) is 1.21. The monoisotopic (exact) mass is 191 g/mol. The predicted molar refractivity (Wildman–Crippen MR) is 47.7 cm³/mol. The maximum atomic E-state index is 10.7. The van der Waals surface area contributed by atoms with Crippen LogP contribution >= 0.6 is 0 Å². The topological polar surface area (TPSA) is 98.6 Å². The first-order valence-electron chi connectivity index (χ1n) is 3.93. The molecule has 0 amide bonds. The third-order valence-electron chi connectivity index (χ3n) is 1.52. The van der Waals surface area contributed by atoms with E-state index in [1.807, 2.05) is 13.8 Å². The quantitative estimate of drug-likeness (QED) is 0.502. The van der Waals surface area contributed by atoms with Crippen LogP contribution in [0.1, 0.15) is 26.7 Å². The van der Waals surface area contributed by atoms with Gasteiger partial charge in [0.05, 0.1) is 6.61 Å². The number of hydrogen-bond donors (Lipinski definition) is 2. The molecule has 5 heteroatoms. The highest BCUT2D eigenvalue weighted by atomic mass is 16.5. The summed E-state index contributed by atoms with van der Waals surface area (Å²) in [6.45, 7) is 4.23. The number of aliphatic carboxylic acids is 1. The number of rotatable bonds is 5.